The molecule has 0 saturated carbocycles. The predicted molar refractivity (Wildman–Crippen MR) is 137 cm³/mol. The van der Waals surface area contributed by atoms with Crippen molar-refractivity contribution >= 4 is 44.9 Å². The summed E-state index contributed by atoms with van der Waals surface area (Å²) in [7, 11) is 0. The molecule has 2 aliphatic rings. The minimum Gasteiger partial charge on any atom is -0.458 e. The predicted octanol–water partition coefficient (Wildman–Crippen LogP) is 5.39. The Kier molecular flexibility index (Phi) is 3.24. The normalized spacial score (nSPS) is 13.0. The van der Waals surface area contributed by atoms with Crippen LogP contribution in [-0.2, 0) is 0 Å². The summed E-state index contributed by atoms with van der Waals surface area (Å²) in [5.41, 5.74) is 10.0. The average molecular weight is 419 g/mol. The van der Waals surface area contributed by atoms with Crippen molar-refractivity contribution in [2.75, 3.05) is 0 Å². The number of hydrogen-bond acceptors (Lipinski definition) is 1. The first-order valence-electron chi connectivity index (χ1n) is 11.4. The van der Waals surface area contributed by atoms with Gasteiger partial charge in [-0.1, -0.05) is 84.9 Å². The second kappa shape index (κ2) is 6.17. The fourth-order valence-electron chi connectivity index (χ4n) is 5.97. The largest absolute Gasteiger partial charge is 0.458 e. The third-order valence-corrected chi connectivity index (χ3v) is 7.25. The zero-order valence-corrected chi connectivity index (χ0v) is 17.8. The van der Waals surface area contributed by atoms with Crippen molar-refractivity contribution in [1.82, 2.24) is 4.57 Å². The van der Waals surface area contributed by atoms with Gasteiger partial charge in [-0.2, -0.15) is 0 Å². The Balaban J connectivity index is 1.65. The number of hydrogen-bond donors (Lipinski definition) is 0. The van der Waals surface area contributed by atoms with E-state index in [1.54, 1.807) is 0 Å². The first-order chi connectivity index (χ1) is 16.4. The van der Waals surface area contributed by atoms with E-state index in [0.29, 0.717) is 0 Å². The van der Waals surface area contributed by atoms with Crippen LogP contribution in [0.1, 0.15) is 0 Å². The van der Waals surface area contributed by atoms with Crippen LogP contribution in [0.3, 0.4) is 0 Å². The van der Waals surface area contributed by atoms with Crippen molar-refractivity contribution in [3.63, 3.8) is 0 Å². The number of para-hydroxylation sites is 3. The van der Waals surface area contributed by atoms with Gasteiger partial charge in [0.05, 0.1) is 11.0 Å². The lowest BCUT2D eigenvalue weighted by molar-refractivity contribution is 0.488. The Labute approximate surface area is 191 Å². The number of benzene rings is 5. The van der Waals surface area contributed by atoms with E-state index in [2.05, 4.69) is 114 Å². The number of fused-ring (bicyclic) bond motifs is 8. The summed E-state index contributed by atoms with van der Waals surface area (Å²) >= 11 is 0. The van der Waals surface area contributed by atoms with E-state index < -0.39 is 0 Å². The van der Waals surface area contributed by atoms with Crippen LogP contribution in [0.25, 0.3) is 38.6 Å². The van der Waals surface area contributed by atoms with Gasteiger partial charge in [0.15, 0.2) is 0 Å². The van der Waals surface area contributed by atoms with Crippen LogP contribution < -0.4 is 21.1 Å². The molecule has 2 aliphatic heterocycles. The molecule has 5 aromatic carbocycles. The average Bonchev–Trinajstić information content (AvgIpc) is 3.23. The molecule has 0 saturated heterocycles. The summed E-state index contributed by atoms with van der Waals surface area (Å²) in [6.45, 7) is 0.158. The summed E-state index contributed by atoms with van der Waals surface area (Å²) in [5.74, 6) is 1.91. The van der Waals surface area contributed by atoms with Crippen molar-refractivity contribution in [3.8, 4) is 28.3 Å². The van der Waals surface area contributed by atoms with Crippen molar-refractivity contribution < 1.29 is 4.74 Å². The van der Waals surface area contributed by atoms with E-state index in [4.69, 9.17) is 4.74 Å². The number of nitrogens with zero attached hydrogens (tertiary/aromatic N) is 1. The van der Waals surface area contributed by atoms with Crippen LogP contribution >= 0.6 is 0 Å². The van der Waals surface area contributed by atoms with E-state index in [0.717, 1.165) is 11.5 Å². The molecule has 0 aliphatic carbocycles. The summed E-state index contributed by atoms with van der Waals surface area (Å²) < 4.78 is 9.06. The summed E-state index contributed by atoms with van der Waals surface area (Å²) in [6, 6.07) is 39.1. The highest BCUT2D eigenvalue weighted by Gasteiger charge is 2.40. The Morgan fingerprint density at radius 3 is 2.27 bits per heavy atom. The van der Waals surface area contributed by atoms with Crippen LogP contribution in [0.15, 0.2) is 109 Å². The molecule has 6 aromatic rings. The molecule has 3 heteroatoms. The second-order valence-electron chi connectivity index (χ2n) is 8.91. The molecule has 2 nitrogen and oxygen atoms in total. The van der Waals surface area contributed by atoms with Gasteiger partial charge in [0.25, 0.3) is 6.71 Å². The molecule has 0 N–H and O–H groups in total. The van der Waals surface area contributed by atoms with Gasteiger partial charge in [0, 0.05) is 16.5 Å². The van der Waals surface area contributed by atoms with Crippen LogP contribution in [0.2, 0.25) is 0 Å². The topological polar surface area (TPSA) is 14.2 Å². The van der Waals surface area contributed by atoms with Crippen molar-refractivity contribution in [3.05, 3.63) is 109 Å². The molecule has 0 amide bonds. The molecule has 33 heavy (non-hydrogen) atoms. The lowest BCUT2D eigenvalue weighted by Crippen LogP contribution is -2.58. The van der Waals surface area contributed by atoms with Gasteiger partial charge >= 0.3 is 0 Å². The standard InChI is InChI=1S/C30H18BNO/c1-2-10-19(11-3-1)21-18-27-29-30-28(21)20-12-4-7-15-24(20)32(30)25-16-8-5-13-22(25)31(29)23-14-6-9-17-26(23)33-27/h1-18H. The molecule has 1 aromatic heterocycles. The van der Waals surface area contributed by atoms with Crippen molar-refractivity contribution in [2.45, 2.75) is 0 Å². The zero-order chi connectivity index (χ0) is 21.5. The van der Waals surface area contributed by atoms with E-state index in [1.165, 1.54) is 55.0 Å². The number of rotatable bonds is 1. The first-order valence-corrected chi connectivity index (χ1v) is 11.4. The minimum atomic E-state index is 0.158. The SMILES string of the molecule is c1ccc(-c2cc3c4c5c2c2ccccc2n5-c2ccccc2B4c2ccccc2O3)cc1. The molecular formula is C30H18BNO. The quantitative estimate of drug-likeness (QED) is 0.326. The lowest BCUT2D eigenvalue weighted by atomic mass is 9.34. The van der Waals surface area contributed by atoms with E-state index in [-0.39, 0.29) is 6.71 Å². The van der Waals surface area contributed by atoms with Crippen LogP contribution in [0.4, 0.5) is 0 Å². The second-order valence-corrected chi connectivity index (χ2v) is 8.91. The molecule has 0 spiro atoms. The van der Waals surface area contributed by atoms with Crippen molar-refractivity contribution in [2.24, 2.45) is 0 Å². The monoisotopic (exact) mass is 419 g/mol. The number of aromatic nitrogens is 1. The number of ether oxygens (including phenoxy) is 1. The molecule has 152 valence electrons. The van der Waals surface area contributed by atoms with E-state index in [1.807, 2.05) is 0 Å². The van der Waals surface area contributed by atoms with E-state index >= 15 is 0 Å². The third-order valence-electron chi connectivity index (χ3n) is 7.25. The lowest BCUT2D eigenvalue weighted by Gasteiger charge is -2.33. The Morgan fingerprint density at radius 2 is 1.36 bits per heavy atom. The van der Waals surface area contributed by atoms with Gasteiger partial charge in [0.1, 0.15) is 11.5 Å². The first kappa shape index (κ1) is 17.3. The van der Waals surface area contributed by atoms with Gasteiger partial charge in [-0.15, -0.1) is 0 Å². The third kappa shape index (κ3) is 2.14. The smallest absolute Gasteiger partial charge is 0.256 e. The molecule has 0 atom stereocenters. The molecular weight excluding hydrogens is 401 g/mol. The Hall–Kier alpha value is -4.24. The van der Waals surface area contributed by atoms with Gasteiger partial charge in [0.2, 0.25) is 0 Å². The fraction of sp³-hybridized carbons (Fsp3) is 0. The maximum atomic E-state index is 6.60. The Morgan fingerprint density at radius 1 is 0.636 bits per heavy atom. The van der Waals surface area contributed by atoms with Gasteiger partial charge in [-0.05, 0) is 51.8 Å². The maximum Gasteiger partial charge on any atom is 0.256 e. The van der Waals surface area contributed by atoms with Gasteiger partial charge < -0.3 is 9.30 Å². The van der Waals surface area contributed by atoms with Crippen LogP contribution in [0.5, 0.6) is 11.5 Å². The zero-order valence-electron chi connectivity index (χ0n) is 17.8. The van der Waals surface area contributed by atoms with Gasteiger partial charge in [-0.25, -0.2) is 0 Å². The van der Waals surface area contributed by atoms with Crippen molar-refractivity contribution in [1.29, 1.82) is 0 Å². The highest BCUT2D eigenvalue weighted by molar-refractivity contribution is 6.99. The molecule has 3 heterocycles. The maximum absolute atomic E-state index is 6.60. The minimum absolute atomic E-state index is 0.158. The molecule has 0 unspecified atom stereocenters. The molecule has 0 radical (unpaired) electrons. The summed E-state index contributed by atoms with van der Waals surface area (Å²) in [5, 5.41) is 2.58. The highest BCUT2D eigenvalue weighted by Crippen LogP contribution is 2.43. The van der Waals surface area contributed by atoms with Crippen LogP contribution in [-0.4, -0.2) is 11.3 Å². The fourth-order valence-corrected chi connectivity index (χ4v) is 5.97. The highest BCUT2D eigenvalue weighted by atomic mass is 16.5. The van der Waals surface area contributed by atoms with Crippen LogP contribution in [0, 0.1) is 0 Å². The van der Waals surface area contributed by atoms with E-state index in [9.17, 15) is 0 Å². The molecule has 0 fully saturated rings. The van der Waals surface area contributed by atoms with Gasteiger partial charge in [-0.3, -0.25) is 0 Å². The summed E-state index contributed by atoms with van der Waals surface area (Å²) in [4.78, 5) is 0. The molecule has 0 bridgehead atoms. The summed E-state index contributed by atoms with van der Waals surface area (Å²) in [6.07, 6.45) is 0. The Bertz CT molecular complexity index is 1750. The molecule has 8 rings (SSSR count).